The molecule has 15 aromatic rings. The Kier molecular flexibility index (Phi) is 6.48. The van der Waals surface area contributed by atoms with Gasteiger partial charge in [-0.15, -0.1) is 22.7 Å². The number of benzene rings is 11. The molecule has 0 bridgehead atoms. The Balaban J connectivity index is 1.10. The highest BCUT2D eigenvalue weighted by Gasteiger charge is 2.21. The van der Waals surface area contributed by atoms with E-state index in [1.54, 1.807) is 0 Å². The minimum absolute atomic E-state index is 0.910. The highest BCUT2D eigenvalue weighted by molar-refractivity contribution is 7.27. The van der Waals surface area contributed by atoms with E-state index in [2.05, 4.69) is 170 Å². The van der Waals surface area contributed by atoms with Crippen molar-refractivity contribution in [3.05, 3.63) is 182 Å². The summed E-state index contributed by atoms with van der Waals surface area (Å²) in [6.45, 7) is 0. The van der Waals surface area contributed by atoms with Gasteiger partial charge in [0.25, 0.3) is 0 Å². The molecule has 0 atom stereocenters. The predicted molar refractivity (Wildman–Crippen MR) is 268 cm³/mol. The molecule has 0 fully saturated rings. The van der Waals surface area contributed by atoms with Crippen LogP contribution in [0.3, 0.4) is 0 Å². The van der Waals surface area contributed by atoms with Crippen LogP contribution in [0.5, 0.6) is 0 Å². The fourth-order valence-corrected chi connectivity index (χ4v) is 13.1. The van der Waals surface area contributed by atoms with Crippen molar-refractivity contribution >= 4 is 150 Å². The van der Waals surface area contributed by atoms with E-state index in [1.165, 1.54) is 106 Å². The maximum atomic E-state index is 6.31. The van der Waals surface area contributed by atoms with Crippen molar-refractivity contribution in [2.75, 3.05) is 0 Å². The zero-order chi connectivity index (χ0) is 40.2. The molecule has 15 rings (SSSR count). The predicted octanol–water partition coefficient (Wildman–Crippen LogP) is 18.2. The Labute approximate surface area is 361 Å². The van der Waals surface area contributed by atoms with Crippen LogP contribution in [0.1, 0.15) is 0 Å². The van der Waals surface area contributed by atoms with E-state index in [4.69, 9.17) is 8.83 Å². The molecule has 11 aromatic carbocycles. The Morgan fingerprint density at radius 2 is 0.677 bits per heavy atom. The first kappa shape index (κ1) is 33.2. The van der Waals surface area contributed by atoms with E-state index < -0.39 is 0 Å². The molecule has 0 aliphatic rings. The number of hydrogen-bond donors (Lipinski definition) is 0. The normalized spacial score (nSPS) is 12.5. The first-order valence-corrected chi connectivity index (χ1v) is 22.7. The van der Waals surface area contributed by atoms with Gasteiger partial charge in [0, 0.05) is 72.7 Å². The SMILES string of the molecule is c1ccc2c(c1)oc1ccc(-c3cc4cc5c(cc(-c6ccc7oc8ccccc8c7c6)c6ccc7c8ccccc8sc7c65)cc4c4c3ccc3c5ccccc5sc34)cc12. The van der Waals surface area contributed by atoms with Gasteiger partial charge in [0.05, 0.1) is 0 Å². The number of fused-ring (bicyclic) bond motifs is 20. The molecular weight excluding hydrogens is 793 g/mol. The zero-order valence-corrected chi connectivity index (χ0v) is 34.6. The molecule has 0 amide bonds. The molecule has 4 heterocycles. The summed E-state index contributed by atoms with van der Waals surface area (Å²) in [6, 6.07) is 67.2. The van der Waals surface area contributed by atoms with E-state index in [-0.39, 0.29) is 0 Å². The third kappa shape index (κ3) is 4.47. The van der Waals surface area contributed by atoms with Crippen LogP contribution in [-0.2, 0) is 0 Å². The molecule has 2 nitrogen and oxygen atoms in total. The Hall–Kier alpha value is -7.50. The molecule has 286 valence electrons. The largest absolute Gasteiger partial charge is 0.456 e. The van der Waals surface area contributed by atoms with Crippen molar-refractivity contribution in [2.45, 2.75) is 0 Å². The van der Waals surface area contributed by atoms with Gasteiger partial charge in [0.1, 0.15) is 22.3 Å². The van der Waals surface area contributed by atoms with E-state index in [0.29, 0.717) is 0 Å². The van der Waals surface area contributed by atoms with Crippen LogP contribution in [0.15, 0.2) is 191 Å². The molecule has 4 heteroatoms. The summed E-state index contributed by atoms with van der Waals surface area (Å²) in [4.78, 5) is 0. The van der Waals surface area contributed by atoms with Gasteiger partial charge in [-0.3, -0.25) is 0 Å². The lowest BCUT2D eigenvalue weighted by Gasteiger charge is -2.16. The summed E-state index contributed by atoms with van der Waals surface area (Å²) >= 11 is 3.82. The smallest absolute Gasteiger partial charge is 0.135 e. The number of thiophene rings is 2. The van der Waals surface area contributed by atoms with Crippen LogP contribution < -0.4 is 0 Å². The molecule has 62 heavy (non-hydrogen) atoms. The maximum absolute atomic E-state index is 6.31. The monoisotopic (exact) mass is 822 g/mol. The van der Waals surface area contributed by atoms with Gasteiger partial charge in [-0.05, 0) is 127 Å². The Morgan fingerprint density at radius 3 is 1.16 bits per heavy atom. The molecule has 0 saturated carbocycles. The molecule has 0 spiro atoms. The molecule has 0 aliphatic heterocycles. The van der Waals surface area contributed by atoms with Crippen LogP contribution in [0.25, 0.3) is 150 Å². The molecule has 4 aromatic heterocycles. The van der Waals surface area contributed by atoms with Gasteiger partial charge >= 0.3 is 0 Å². The highest BCUT2D eigenvalue weighted by Crippen LogP contribution is 2.49. The first-order chi connectivity index (χ1) is 30.7. The quantitative estimate of drug-likeness (QED) is 0.128. The third-order valence-electron chi connectivity index (χ3n) is 13.4. The summed E-state index contributed by atoms with van der Waals surface area (Å²) in [6.07, 6.45) is 0. The minimum atomic E-state index is 0.910. The summed E-state index contributed by atoms with van der Waals surface area (Å²) < 4.78 is 17.9. The molecule has 0 N–H and O–H groups in total. The van der Waals surface area contributed by atoms with Gasteiger partial charge in [-0.1, -0.05) is 109 Å². The second-order valence-electron chi connectivity index (χ2n) is 16.7. The van der Waals surface area contributed by atoms with Crippen molar-refractivity contribution in [2.24, 2.45) is 0 Å². The topological polar surface area (TPSA) is 26.3 Å². The minimum Gasteiger partial charge on any atom is -0.456 e. The van der Waals surface area contributed by atoms with Gasteiger partial charge in [0.2, 0.25) is 0 Å². The second kappa shape index (κ2) is 12.1. The lowest BCUT2D eigenvalue weighted by Crippen LogP contribution is -1.89. The lowest BCUT2D eigenvalue weighted by molar-refractivity contribution is 0.668. The Morgan fingerprint density at radius 1 is 0.274 bits per heavy atom. The van der Waals surface area contributed by atoms with Crippen LogP contribution in [0.2, 0.25) is 0 Å². The molecular formula is C58H30O2S2. The second-order valence-corrected chi connectivity index (χ2v) is 18.8. The van der Waals surface area contributed by atoms with Crippen molar-refractivity contribution in [1.82, 2.24) is 0 Å². The number of furan rings is 2. The van der Waals surface area contributed by atoms with Crippen molar-refractivity contribution in [1.29, 1.82) is 0 Å². The van der Waals surface area contributed by atoms with Gasteiger partial charge in [-0.2, -0.15) is 0 Å². The van der Waals surface area contributed by atoms with Crippen molar-refractivity contribution in [3.8, 4) is 22.3 Å². The van der Waals surface area contributed by atoms with E-state index in [9.17, 15) is 0 Å². The van der Waals surface area contributed by atoms with Crippen molar-refractivity contribution < 1.29 is 8.83 Å². The van der Waals surface area contributed by atoms with Gasteiger partial charge < -0.3 is 8.83 Å². The zero-order valence-electron chi connectivity index (χ0n) is 33.0. The first-order valence-electron chi connectivity index (χ1n) is 21.0. The number of rotatable bonds is 2. The Bertz CT molecular complexity index is 4170. The van der Waals surface area contributed by atoms with Crippen LogP contribution in [0, 0.1) is 0 Å². The summed E-state index contributed by atoms with van der Waals surface area (Å²) in [5.41, 5.74) is 8.48. The lowest BCUT2D eigenvalue weighted by atomic mass is 9.87. The fourth-order valence-electron chi connectivity index (χ4n) is 10.6. The van der Waals surface area contributed by atoms with E-state index in [0.717, 1.165) is 43.9 Å². The van der Waals surface area contributed by atoms with Crippen molar-refractivity contribution in [3.63, 3.8) is 0 Å². The summed E-state index contributed by atoms with van der Waals surface area (Å²) in [5.74, 6) is 0. The van der Waals surface area contributed by atoms with Gasteiger partial charge in [0.15, 0.2) is 0 Å². The van der Waals surface area contributed by atoms with Crippen LogP contribution >= 0.6 is 22.7 Å². The number of hydrogen-bond acceptors (Lipinski definition) is 4. The summed E-state index contributed by atoms with van der Waals surface area (Å²) in [7, 11) is 0. The summed E-state index contributed by atoms with van der Waals surface area (Å²) in [5, 5.41) is 19.9. The molecule has 0 unspecified atom stereocenters. The fraction of sp³-hybridized carbons (Fsp3) is 0. The van der Waals surface area contributed by atoms with E-state index in [1.807, 2.05) is 34.8 Å². The van der Waals surface area contributed by atoms with Gasteiger partial charge in [-0.25, -0.2) is 0 Å². The molecule has 0 radical (unpaired) electrons. The van der Waals surface area contributed by atoms with Crippen LogP contribution in [0.4, 0.5) is 0 Å². The molecule has 0 aliphatic carbocycles. The standard InChI is InChI=1S/C58H30O2S2/c1-5-13-49-35(9-1)47-25-31(17-23-51(47)59-49)43-27-33-29-46-34(30-45(33)55-39(43)19-21-41-37-11-3-7-15-53(37)61-57(41)55)28-44(32-18-24-52-48(26-32)36-10-2-6-14-50(36)60-52)40-20-22-42-38-12-4-8-16-54(38)62-58(42)56(40)46/h1-30H. The number of para-hydroxylation sites is 2. The molecule has 0 saturated heterocycles. The van der Waals surface area contributed by atoms with E-state index >= 15 is 0 Å². The third-order valence-corrected chi connectivity index (χ3v) is 15.8. The highest BCUT2D eigenvalue weighted by atomic mass is 32.1. The average Bonchev–Trinajstić information content (AvgIpc) is 4.10. The average molecular weight is 823 g/mol. The van der Waals surface area contributed by atoms with Crippen LogP contribution in [-0.4, -0.2) is 0 Å². The maximum Gasteiger partial charge on any atom is 0.135 e.